The molecule has 0 saturated heterocycles. The number of anilines is 1. The van der Waals surface area contributed by atoms with Crippen LogP contribution in [-0.4, -0.2) is 22.1 Å². The van der Waals surface area contributed by atoms with Gasteiger partial charge in [-0.2, -0.15) is 0 Å². The van der Waals surface area contributed by atoms with Crippen LogP contribution in [0.3, 0.4) is 0 Å². The normalized spacial score (nSPS) is 11.7. The highest BCUT2D eigenvalue weighted by atomic mass is 32.1. The maximum absolute atomic E-state index is 13.4. The third-order valence-electron chi connectivity index (χ3n) is 2.58. The Hall–Kier alpha value is -2.48. The highest BCUT2D eigenvalue weighted by Crippen LogP contribution is 2.18. The standard InChI is InChI=1S/C13H12FN3O3S/c1-7(11-16-10(6-21-11)12(18)19)15-13(20)17-9-5-3-2-4-8(9)14/h2-7H,1H3,(H,18,19)(H2,15,17,20). The van der Waals surface area contributed by atoms with E-state index in [-0.39, 0.29) is 11.4 Å². The Labute approximate surface area is 123 Å². The van der Waals surface area contributed by atoms with E-state index < -0.39 is 23.9 Å². The Kier molecular flexibility index (Phi) is 4.49. The second kappa shape index (κ2) is 6.31. The molecule has 21 heavy (non-hydrogen) atoms. The maximum Gasteiger partial charge on any atom is 0.355 e. The maximum atomic E-state index is 13.4. The number of halogens is 1. The van der Waals surface area contributed by atoms with Gasteiger partial charge in [0.15, 0.2) is 5.69 Å². The van der Waals surface area contributed by atoms with Crippen LogP contribution in [-0.2, 0) is 0 Å². The summed E-state index contributed by atoms with van der Waals surface area (Å²) in [7, 11) is 0. The summed E-state index contributed by atoms with van der Waals surface area (Å²) in [5, 5.41) is 15.6. The number of hydrogen-bond donors (Lipinski definition) is 3. The largest absolute Gasteiger partial charge is 0.476 e. The van der Waals surface area contributed by atoms with Gasteiger partial charge in [-0.1, -0.05) is 12.1 Å². The van der Waals surface area contributed by atoms with Crippen molar-refractivity contribution in [2.75, 3.05) is 5.32 Å². The van der Waals surface area contributed by atoms with Crippen molar-refractivity contribution >= 4 is 29.0 Å². The lowest BCUT2D eigenvalue weighted by atomic mass is 10.3. The van der Waals surface area contributed by atoms with Gasteiger partial charge in [-0.25, -0.2) is 19.0 Å². The number of aromatic carboxylic acids is 1. The summed E-state index contributed by atoms with van der Waals surface area (Å²) in [6.45, 7) is 1.66. The van der Waals surface area contributed by atoms with Crippen molar-refractivity contribution in [3.63, 3.8) is 0 Å². The zero-order chi connectivity index (χ0) is 15.4. The summed E-state index contributed by atoms with van der Waals surface area (Å²) in [4.78, 5) is 26.4. The molecule has 1 aromatic carbocycles. The third kappa shape index (κ3) is 3.76. The van der Waals surface area contributed by atoms with E-state index >= 15 is 0 Å². The average Bonchev–Trinajstić information content (AvgIpc) is 2.91. The number of urea groups is 1. The number of aromatic nitrogens is 1. The van der Waals surface area contributed by atoms with E-state index in [2.05, 4.69) is 15.6 Å². The number of thiazole rings is 1. The van der Waals surface area contributed by atoms with E-state index in [1.807, 2.05) is 0 Å². The number of amides is 2. The Morgan fingerprint density at radius 2 is 2.10 bits per heavy atom. The number of rotatable bonds is 4. The van der Waals surface area contributed by atoms with Gasteiger partial charge in [0.05, 0.1) is 11.7 Å². The van der Waals surface area contributed by atoms with E-state index in [4.69, 9.17) is 5.11 Å². The lowest BCUT2D eigenvalue weighted by Gasteiger charge is -2.12. The van der Waals surface area contributed by atoms with Gasteiger partial charge >= 0.3 is 12.0 Å². The number of nitrogens with zero attached hydrogens (tertiary/aromatic N) is 1. The number of nitrogens with one attached hydrogen (secondary N) is 2. The third-order valence-corrected chi connectivity index (χ3v) is 3.61. The predicted octanol–water partition coefficient (Wildman–Crippen LogP) is 2.86. The molecule has 110 valence electrons. The van der Waals surface area contributed by atoms with E-state index in [1.54, 1.807) is 13.0 Å². The van der Waals surface area contributed by atoms with Crippen LogP contribution >= 0.6 is 11.3 Å². The first kappa shape index (κ1) is 14.9. The highest BCUT2D eigenvalue weighted by Gasteiger charge is 2.16. The minimum absolute atomic E-state index is 0.0626. The molecule has 3 N–H and O–H groups in total. The molecule has 0 bridgehead atoms. The van der Waals surface area contributed by atoms with Crippen LogP contribution in [0.5, 0.6) is 0 Å². The van der Waals surface area contributed by atoms with Gasteiger partial charge in [0.25, 0.3) is 0 Å². The SMILES string of the molecule is CC(NC(=O)Nc1ccccc1F)c1nc(C(=O)O)cs1. The molecule has 1 heterocycles. The number of hydrogen-bond acceptors (Lipinski definition) is 4. The Morgan fingerprint density at radius 3 is 2.71 bits per heavy atom. The molecule has 2 aromatic rings. The topological polar surface area (TPSA) is 91.3 Å². The van der Waals surface area contributed by atoms with Crippen molar-refractivity contribution in [2.45, 2.75) is 13.0 Å². The monoisotopic (exact) mass is 309 g/mol. The number of carboxylic acids is 1. The molecule has 0 spiro atoms. The molecule has 0 aliphatic rings. The van der Waals surface area contributed by atoms with Crippen LogP contribution in [0.2, 0.25) is 0 Å². The van der Waals surface area contributed by atoms with E-state index in [0.717, 1.165) is 11.3 Å². The van der Waals surface area contributed by atoms with E-state index in [1.165, 1.54) is 23.6 Å². The molecule has 1 atom stereocenters. The van der Waals surface area contributed by atoms with Crippen LogP contribution in [0.25, 0.3) is 0 Å². The van der Waals surface area contributed by atoms with Gasteiger partial charge in [0, 0.05) is 5.38 Å². The molecule has 6 nitrogen and oxygen atoms in total. The molecule has 0 aliphatic carbocycles. The highest BCUT2D eigenvalue weighted by molar-refractivity contribution is 7.09. The number of benzene rings is 1. The Bertz CT molecular complexity index is 674. The van der Waals surface area contributed by atoms with Crippen molar-refractivity contribution in [1.29, 1.82) is 0 Å². The minimum atomic E-state index is -1.12. The molecule has 2 rings (SSSR count). The van der Waals surface area contributed by atoms with E-state index in [9.17, 15) is 14.0 Å². The van der Waals surface area contributed by atoms with Crippen LogP contribution in [0, 0.1) is 5.82 Å². The van der Waals surface area contributed by atoms with Crippen molar-refractivity contribution in [3.05, 3.63) is 46.2 Å². The van der Waals surface area contributed by atoms with Gasteiger partial charge in [-0.3, -0.25) is 0 Å². The van der Waals surface area contributed by atoms with Gasteiger partial charge in [-0.15, -0.1) is 11.3 Å². The summed E-state index contributed by atoms with van der Waals surface area (Å²) in [5.41, 5.74) is -0.00859. The molecule has 0 aliphatic heterocycles. The van der Waals surface area contributed by atoms with Crippen LogP contribution in [0.15, 0.2) is 29.6 Å². The summed E-state index contributed by atoms with van der Waals surface area (Å²) < 4.78 is 13.4. The number of para-hydroxylation sites is 1. The van der Waals surface area contributed by atoms with Gasteiger partial charge in [0.1, 0.15) is 10.8 Å². The second-order valence-corrected chi connectivity index (χ2v) is 5.07. The van der Waals surface area contributed by atoms with Crippen LogP contribution in [0.1, 0.15) is 28.5 Å². The van der Waals surface area contributed by atoms with E-state index in [0.29, 0.717) is 5.01 Å². The van der Waals surface area contributed by atoms with Crippen LogP contribution < -0.4 is 10.6 Å². The zero-order valence-corrected chi connectivity index (χ0v) is 11.8. The number of carbonyl (C=O) groups excluding carboxylic acids is 1. The summed E-state index contributed by atoms with van der Waals surface area (Å²) in [6, 6.07) is 4.70. The quantitative estimate of drug-likeness (QED) is 0.810. The first-order valence-electron chi connectivity index (χ1n) is 5.98. The van der Waals surface area contributed by atoms with Crippen molar-refractivity contribution in [2.24, 2.45) is 0 Å². The summed E-state index contributed by atoms with van der Waals surface area (Å²) in [5.74, 6) is -1.66. The molecular weight excluding hydrogens is 297 g/mol. The minimum Gasteiger partial charge on any atom is -0.476 e. The van der Waals surface area contributed by atoms with Gasteiger partial charge < -0.3 is 15.7 Å². The lowest BCUT2D eigenvalue weighted by Crippen LogP contribution is -2.31. The Morgan fingerprint density at radius 1 is 1.38 bits per heavy atom. The lowest BCUT2D eigenvalue weighted by molar-refractivity contribution is 0.0691. The molecule has 2 amide bonds. The van der Waals surface area contributed by atoms with Crippen molar-refractivity contribution in [3.8, 4) is 0 Å². The molecule has 1 unspecified atom stereocenters. The fraction of sp³-hybridized carbons (Fsp3) is 0.154. The molecule has 0 saturated carbocycles. The fourth-order valence-corrected chi connectivity index (χ4v) is 2.36. The molecule has 1 aromatic heterocycles. The number of carboxylic acid groups (broad SMARTS) is 1. The van der Waals surface area contributed by atoms with Gasteiger partial charge in [0.2, 0.25) is 0 Å². The smallest absolute Gasteiger partial charge is 0.355 e. The summed E-state index contributed by atoms with van der Waals surface area (Å²) >= 11 is 1.13. The molecule has 0 fully saturated rings. The zero-order valence-electron chi connectivity index (χ0n) is 11.0. The summed E-state index contributed by atoms with van der Waals surface area (Å²) in [6.07, 6.45) is 0. The molecule has 8 heteroatoms. The van der Waals surface area contributed by atoms with Crippen molar-refractivity contribution in [1.82, 2.24) is 10.3 Å². The first-order chi connectivity index (χ1) is 9.97. The van der Waals surface area contributed by atoms with Gasteiger partial charge in [-0.05, 0) is 19.1 Å². The Balaban J connectivity index is 1.98. The second-order valence-electron chi connectivity index (χ2n) is 4.18. The average molecular weight is 309 g/mol. The molecule has 0 radical (unpaired) electrons. The molecular formula is C13H12FN3O3S. The predicted molar refractivity (Wildman–Crippen MR) is 76.0 cm³/mol. The first-order valence-corrected chi connectivity index (χ1v) is 6.86. The van der Waals surface area contributed by atoms with Crippen molar-refractivity contribution < 1.29 is 19.1 Å². The number of carbonyl (C=O) groups is 2. The van der Waals surface area contributed by atoms with Crippen LogP contribution in [0.4, 0.5) is 14.9 Å². The fourth-order valence-electron chi connectivity index (χ4n) is 1.56.